The van der Waals surface area contributed by atoms with E-state index in [1.807, 2.05) is 31.2 Å². The van der Waals surface area contributed by atoms with Gasteiger partial charge in [0.15, 0.2) is 11.6 Å². The van der Waals surface area contributed by atoms with Crippen LogP contribution in [0, 0.1) is 17.5 Å². The van der Waals surface area contributed by atoms with Crippen molar-refractivity contribution in [2.75, 3.05) is 6.61 Å². The zero-order chi connectivity index (χ0) is 22.2. The third-order valence-corrected chi connectivity index (χ3v) is 5.37. The van der Waals surface area contributed by atoms with Gasteiger partial charge in [0.1, 0.15) is 5.82 Å². The molecular weight excluding hydrogens is 397 g/mol. The minimum absolute atomic E-state index is 0.00854. The molecule has 0 aliphatic carbocycles. The normalized spacial score (nSPS) is 11.0. The molecule has 0 amide bonds. The van der Waals surface area contributed by atoms with Crippen molar-refractivity contribution in [1.82, 2.24) is 0 Å². The van der Waals surface area contributed by atoms with Crippen molar-refractivity contribution in [3.8, 4) is 28.0 Å². The highest BCUT2D eigenvalue weighted by molar-refractivity contribution is 5.72. The number of unbranched alkanes of at least 4 members (excludes halogenated alkanes) is 3. The van der Waals surface area contributed by atoms with E-state index < -0.39 is 17.5 Å². The third kappa shape index (κ3) is 5.69. The summed E-state index contributed by atoms with van der Waals surface area (Å²) in [5.41, 5.74) is 2.72. The van der Waals surface area contributed by atoms with Gasteiger partial charge in [-0.3, -0.25) is 0 Å². The van der Waals surface area contributed by atoms with E-state index in [9.17, 15) is 13.2 Å². The van der Waals surface area contributed by atoms with Crippen LogP contribution in [0.1, 0.15) is 51.5 Å². The van der Waals surface area contributed by atoms with Crippen molar-refractivity contribution < 1.29 is 17.9 Å². The smallest absolute Gasteiger partial charge is 0.201 e. The van der Waals surface area contributed by atoms with Gasteiger partial charge in [0.05, 0.1) is 6.61 Å². The Hall–Kier alpha value is -2.75. The molecule has 1 nitrogen and oxygen atoms in total. The van der Waals surface area contributed by atoms with Crippen LogP contribution >= 0.6 is 0 Å². The summed E-state index contributed by atoms with van der Waals surface area (Å²) >= 11 is 0. The fourth-order valence-electron chi connectivity index (χ4n) is 3.60. The van der Waals surface area contributed by atoms with Gasteiger partial charge in [-0.05, 0) is 54.2 Å². The number of aryl methyl sites for hydroxylation is 1. The molecule has 0 atom stereocenters. The van der Waals surface area contributed by atoms with Crippen LogP contribution in [-0.4, -0.2) is 6.61 Å². The minimum atomic E-state index is -1.05. The summed E-state index contributed by atoms with van der Waals surface area (Å²) in [5, 5.41) is 0. The molecule has 0 spiro atoms. The molecule has 3 aromatic carbocycles. The number of ether oxygens (including phenoxy) is 1. The summed E-state index contributed by atoms with van der Waals surface area (Å²) in [6, 6.07) is 15.2. The molecule has 0 bridgehead atoms. The van der Waals surface area contributed by atoms with E-state index in [0.29, 0.717) is 18.6 Å². The summed E-state index contributed by atoms with van der Waals surface area (Å²) in [6.07, 6.45) is 6.54. The molecule has 0 saturated carbocycles. The van der Waals surface area contributed by atoms with Crippen molar-refractivity contribution in [3.63, 3.8) is 0 Å². The first-order chi connectivity index (χ1) is 15.0. The van der Waals surface area contributed by atoms with Gasteiger partial charge >= 0.3 is 0 Å². The summed E-state index contributed by atoms with van der Waals surface area (Å²) < 4.78 is 48.9. The second-order valence-electron chi connectivity index (χ2n) is 7.79. The summed E-state index contributed by atoms with van der Waals surface area (Å²) in [5.74, 6) is -2.69. The molecule has 0 heterocycles. The van der Waals surface area contributed by atoms with E-state index in [0.717, 1.165) is 18.4 Å². The summed E-state index contributed by atoms with van der Waals surface area (Å²) in [7, 11) is 0. The quantitative estimate of drug-likeness (QED) is 0.296. The van der Waals surface area contributed by atoms with Crippen LogP contribution in [0.3, 0.4) is 0 Å². The molecule has 164 valence electrons. The predicted molar refractivity (Wildman–Crippen MR) is 121 cm³/mol. The molecule has 0 fully saturated rings. The van der Waals surface area contributed by atoms with Gasteiger partial charge in [-0.1, -0.05) is 69.5 Å². The van der Waals surface area contributed by atoms with E-state index in [1.54, 1.807) is 12.1 Å². The molecule has 0 saturated heterocycles. The van der Waals surface area contributed by atoms with Crippen LogP contribution in [0.2, 0.25) is 0 Å². The number of hydrogen-bond acceptors (Lipinski definition) is 1. The van der Waals surface area contributed by atoms with Gasteiger partial charge in [0, 0.05) is 11.1 Å². The molecule has 0 aromatic heterocycles. The molecule has 4 heteroatoms. The molecule has 3 rings (SSSR count). The van der Waals surface area contributed by atoms with Gasteiger partial charge in [-0.2, -0.15) is 4.39 Å². The highest BCUT2D eigenvalue weighted by atomic mass is 19.2. The van der Waals surface area contributed by atoms with Gasteiger partial charge in [0.2, 0.25) is 5.82 Å². The van der Waals surface area contributed by atoms with Crippen LogP contribution in [0.4, 0.5) is 13.2 Å². The Morgan fingerprint density at radius 2 is 1.39 bits per heavy atom. The maximum Gasteiger partial charge on any atom is 0.201 e. The maximum absolute atomic E-state index is 14.8. The Bertz CT molecular complexity index is 996. The maximum atomic E-state index is 14.8. The molecule has 3 aromatic rings. The fraction of sp³-hybridized carbons (Fsp3) is 0.333. The van der Waals surface area contributed by atoms with E-state index in [-0.39, 0.29) is 16.9 Å². The van der Waals surface area contributed by atoms with Crippen molar-refractivity contribution in [2.45, 2.75) is 52.4 Å². The van der Waals surface area contributed by atoms with Crippen LogP contribution in [0.15, 0.2) is 54.6 Å². The van der Waals surface area contributed by atoms with E-state index in [2.05, 4.69) is 6.92 Å². The first-order valence-electron chi connectivity index (χ1n) is 11.0. The van der Waals surface area contributed by atoms with E-state index >= 15 is 0 Å². The Morgan fingerprint density at radius 1 is 0.677 bits per heavy atom. The SMILES string of the molecule is CCCCCCc1ccc(-c2ccc(-c3ccc(OCCC)c(F)c3F)cc2F)cc1. The lowest BCUT2D eigenvalue weighted by molar-refractivity contribution is 0.295. The highest BCUT2D eigenvalue weighted by Gasteiger charge is 2.17. The van der Waals surface area contributed by atoms with Crippen LogP contribution in [-0.2, 0) is 6.42 Å². The van der Waals surface area contributed by atoms with Crippen molar-refractivity contribution >= 4 is 0 Å². The van der Waals surface area contributed by atoms with Crippen LogP contribution < -0.4 is 4.74 Å². The van der Waals surface area contributed by atoms with Gasteiger partial charge in [0.25, 0.3) is 0 Å². The highest BCUT2D eigenvalue weighted by Crippen LogP contribution is 2.33. The lowest BCUT2D eigenvalue weighted by Gasteiger charge is -2.11. The first kappa shape index (κ1) is 22.9. The number of halogens is 3. The Morgan fingerprint density at radius 3 is 2.06 bits per heavy atom. The molecule has 0 N–H and O–H groups in total. The molecular formula is C27H29F3O. The van der Waals surface area contributed by atoms with Crippen LogP contribution in [0.5, 0.6) is 5.75 Å². The topological polar surface area (TPSA) is 9.23 Å². The number of hydrogen-bond donors (Lipinski definition) is 0. The average molecular weight is 427 g/mol. The largest absolute Gasteiger partial charge is 0.490 e. The number of rotatable bonds is 10. The monoisotopic (exact) mass is 426 g/mol. The van der Waals surface area contributed by atoms with Gasteiger partial charge < -0.3 is 4.74 Å². The Labute approximate surface area is 182 Å². The van der Waals surface area contributed by atoms with Crippen molar-refractivity contribution in [3.05, 3.63) is 77.6 Å². The summed E-state index contributed by atoms with van der Waals surface area (Å²) in [6.45, 7) is 4.38. The molecule has 31 heavy (non-hydrogen) atoms. The molecule has 0 aliphatic rings. The lowest BCUT2D eigenvalue weighted by atomic mass is 9.97. The lowest BCUT2D eigenvalue weighted by Crippen LogP contribution is -2.00. The standard InChI is InChI=1S/C27H29F3O/c1-3-5-6-7-8-19-9-11-20(12-10-19)22-14-13-21(18-24(22)28)23-15-16-25(31-17-4-2)27(30)26(23)29/h9-16,18H,3-8,17H2,1-2H3. The molecule has 0 aliphatic heterocycles. The second kappa shape index (κ2) is 11.0. The Balaban J connectivity index is 1.78. The second-order valence-corrected chi connectivity index (χ2v) is 7.79. The average Bonchev–Trinajstić information content (AvgIpc) is 2.78. The molecule has 0 radical (unpaired) electrons. The molecule has 0 unspecified atom stereocenters. The zero-order valence-electron chi connectivity index (χ0n) is 18.2. The third-order valence-electron chi connectivity index (χ3n) is 5.37. The van der Waals surface area contributed by atoms with Crippen molar-refractivity contribution in [2.24, 2.45) is 0 Å². The fourth-order valence-corrected chi connectivity index (χ4v) is 3.60. The summed E-state index contributed by atoms with van der Waals surface area (Å²) in [4.78, 5) is 0. The van der Waals surface area contributed by atoms with E-state index in [1.165, 1.54) is 43.0 Å². The van der Waals surface area contributed by atoms with Gasteiger partial charge in [-0.25, -0.2) is 8.78 Å². The number of benzene rings is 3. The zero-order valence-corrected chi connectivity index (χ0v) is 18.2. The minimum Gasteiger partial charge on any atom is -0.490 e. The van der Waals surface area contributed by atoms with Crippen LogP contribution in [0.25, 0.3) is 22.3 Å². The van der Waals surface area contributed by atoms with Gasteiger partial charge in [-0.15, -0.1) is 0 Å². The first-order valence-corrected chi connectivity index (χ1v) is 11.0. The Kier molecular flexibility index (Phi) is 8.16. The predicted octanol–water partition coefficient (Wildman–Crippen LogP) is 8.35. The van der Waals surface area contributed by atoms with E-state index in [4.69, 9.17) is 4.74 Å². The van der Waals surface area contributed by atoms with Crippen molar-refractivity contribution in [1.29, 1.82) is 0 Å².